The molecular weight excluding hydrogens is 238 g/mol. The molecule has 0 radical (unpaired) electrons. The van der Waals surface area contributed by atoms with Crippen LogP contribution in [-0.2, 0) is 21.6 Å². The smallest absolute Gasteiger partial charge is 0.149 e. The summed E-state index contributed by atoms with van der Waals surface area (Å²) in [6.45, 7) is 6.37. The van der Waals surface area contributed by atoms with Crippen LogP contribution in [0.5, 0.6) is 0 Å². The van der Waals surface area contributed by atoms with E-state index >= 15 is 0 Å². The van der Waals surface area contributed by atoms with Crippen molar-refractivity contribution in [2.45, 2.75) is 32.4 Å². The van der Waals surface area contributed by atoms with Crippen LogP contribution >= 0.6 is 11.3 Å². The van der Waals surface area contributed by atoms with E-state index in [4.69, 9.17) is 9.47 Å². The summed E-state index contributed by atoms with van der Waals surface area (Å²) in [6, 6.07) is 0. The summed E-state index contributed by atoms with van der Waals surface area (Å²) < 4.78 is 10.5. The van der Waals surface area contributed by atoms with Crippen molar-refractivity contribution >= 4 is 11.3 Å². The first kappa shape index (κ1) is 14.5. The lowest BCUT2D eigenvalue weighted by molar-refractivity contribution is -0.00207. The van der Waals surface area contributed by atoms with Gasteiger partial charge in [0.25, 0.3) is 0 Å². The van der Waals surface area contributed by atoms with Gasteiger partial charge >= 0.3 is 0 Å². The number of hydrogen-bond donors (Lipinski definition) is 1. The minimum Gasteiger partial charge on any atom is -0.383 e. The van der Waals surface area contributed by atoms with Crippen molar-refractivity contribution in [3.05, 3.63) is 10.0 Å². The van der Waals surface area contributed by atoms with Gasteiger partial charge in [-0.15, -0.1) is 10.2 Å². The van der Waals surface area contributed by atoms with Crippen molar-refractivity contribution in [2.75, 3.05) is 27.4 Å². The van der Waals surface area contributed by atoms with Crippen molar-refractivity contribution in [3.63, 3.8) is 0 Å². The third-order valence-electron chi connectivity index (χ3n) is 2.80. The monoisotopic (exact) mass is 259 g/mol. The van der Waals surface area contributed by atoms with Crippen LogP contribution in [0.3, 0.4) is 0 Å². The summed E-state index contributed by atoms with van der Waals surface area (Å²) in [4.78, 5) is 0. The quantitative estimate of drug-likeness (QED) is 0.718. The molecule has 0 aliphatic heterocycles. The standard InChI is InChI=1S/C11H21N3O2S/c1-5-11(2,16-4)10-14-13-9(17-10)8-12-6-7-15-3/h12H,5-8H2,1-4H3. The predicted molar refractivity (Wildman–Crippen MR) is 68.1 cm³/mol. The second-order valence-electron chi connectivity index (χ2n) is 3.96. The van der Waals surface area contributed by atoms with Crippen LogP contribution in [-0.4, -0.2) is 37.6 Å². The Kier molecular flexibility index (Phi) is 5.97. The van der Waals surface area contributed by atoms with Crippen LogP contribution in [0.1, 0.15) is 30.3 Å². The van der Waals surface area contributed by atoms with Gasteiger partial charge in [0.05, 0.1) is 6.61 Å². The van der Waals surface area contributed by atoms with E-state index in [2.05, 4.69) is 22.4 Å². The highest BCUT2D eigenvalue weighted by Gasteiger charge is 2.28. The zero-order valence-electron chi connectivity index (χ0n) is 10.9. The van der Waals surface area contributed by atoms with Gasteiger partial charge in [0, 0.05) is 27.3 Å². The van der Waals surface area contributed by atoms with Crippen molar-refractivity contribution in [2.24, 2.45) is 0 Å². The molecule has 0 saturated heterocycles. The minimum absolute atomic E-state index is 0.317. The molecule has 1 unspecified atom stereocenters. The third kappa shape index (κ3) is 3.99. The van der Waals surface area contributed by atoms with Crippen molar-refractivity contribution in [3.8, 4) is 0 Å². The molecule has 1 aromatic rings. The molecule has 0 spiro atoms. The van der Waals surface area contributed by atoms with Gasteiger partial charge in [-0.05, 0) is 13.3 Å². The fourth-order valence-electron chi connectivity index (χ4n) is 1.29. The Hall–Kier alpha value is -0.560. The lowest BCUT2D eigenvalue weighted by Crippen LogP contribution is -2.22. The molecule has 6 heteroatoms. The van der Waals surface area contributed by atoms with Gasteiger partial charge in [0.2, 0.25) is 0 Å². The Bertz CT molecular complexity index is 326. The maximum absolute atomic E-state index is 5.50. The maximum atomic E-state index is 5.50. The summed E-state index contributed by atoms with van der Waals surface area (Å²) >= 11 is 1.60. The molecule has 1 N–H and O–H groups in total. The molecule has 0 saturated carbocycles. The second-order valence-corrected chi connectivity index (χ2v) is 5.02. The molecule has 1 aromatic heterocycles. The maximum Gasteiger partial charge on any atom is 0.149 e. The van der Waals surface area contributed by atoms with E-state index < -0.39 is 0 Å². The highest BCUT2D eigenvalue weighted by molar-refractivity contribution is 7.11. The van der Waals surface area contributed by atoms with Crippen molar-refractivity contribution in [1.82, 2.24) is 15.5 Å². The number of nitrogens with one attached hydrogen (secondary N) is 1. The molecule has 0 fully saturated rings. The van der Waals surface area contributed by atoms with E-state index in [1.165, 1.54) is 0 Å². The Morgan fingerprint density at radius 3 is 2.71 bits per heavy atom. The highest BCUT2D eigenvalue weighted by atomic mass is 32.1. The van der Waals surface area contributed by atoms with Crippen molar-refractivity contribution in [1.29, 1.82) is 0 Å². The number of rotatable bonds is 8. The van der Waals surface area contributed by atoms with Crippen molar-refractivity contribution < 1.29 is 9.47 Å². The molecule has 5 nitrogen and oxygen atoms in total. The number of nitrogens with zero attached hydrogens (tertiary/aromatic N) is 2. The van der Waals surface area contributed by atoms with Gasteiger partial charge in [0.1, 0.15) is 15.6 Å². The molecule has 17 heavy (non-hydrogen) atoms. The first-order chi connectivity index (χ1) is 8.16. The number of hydrogen-bond acceptors (Lipinski definition) is 6. The zero-order chi connectivity index (χ0) is 12.7. The number of aromatic nitrogens is 2. The van der Waals surface area contributed by atoms with E-state index in [-0.39, 0.29) is 5.60 Å². The van der Waals surface area contributed by atoms with E-state index in [1.807, 2.05) is 6.92 Å². The molecule has 98 valence electrons. The predicted octanol–water partition coefficient (Wildman–Crippen LogP) is 1.55. The van der Waals surface area contributed by atoms with Crippen LogP contribution in [0.25, 0.3) is 0 Å². The van der Waals surface area contributed by atoms with Gasteiger partial charge in [-0.1, -0.05) is 18.3 Å². The average Bonchev–Trinajstić information content (AvgIpc) is 2.83. The lowest BCUT2D eigenvalue weighted by Gasteiger charge is -2.22. The van der Waals surface area contributed by atoms with E-state index in [1.54, 1.807) is 25.6 Å². The SMILES string of the molecule is CCC(C)(OC)c1nnc(CNCCOC)s1. The molecule has 1 heterocycles. The largest absolute Gasteiger partial charge is 0.383 e. The Morgan fingerprint density at radius 1 is 1.35 bits per heavy atom. The van der Waals surface area contributed by atoms with Crippen LogP contribution < -0.4 is 5.32 Å². The molecule has 0 bridgehead atoms. The fraction of sp³-hybridized carbons (Fsp3) is 0.818. The average molecular weight is 259 g/mol. The summed E-state index contributed by atoms with van der Waals surface area (Å²) in [5, 5.41) is 13.5. The molecular formula is C11H21N3O2S. The highest BCUT2D eigenvalue weighted by Crippen LogP contribution is 2.30. The van der Waals surface area contributed by atoms with Gasteiger partial charge in [-0.25, -0.2) is 0 Å². The molecule has 0 aliphatic carbocycles. The first-order valence-electron chi connectivity index (χ1n) is 5.74. The molecule has 0 amide bonds. The lowest BCUT2D eigenvalue weighted by atomic mass is 10.1. The van der Waals surface area contributed by atoms with Gasteiger partial charge in [0.15, 0.2) is 0 Å². The van der Waals surface area contributed by atoms with Crippen LogP contribution in [0, 0.1) is 0 Å². The van der Waals surface area contributed by atoms with E-state index in [0.717, 1.165) is 29.5 Å². The second kappa shape index (κ2) is 7.00. The van der Waals surface area contributed by atoms with Crippen LogP contribution in [0.4, 0.5) is 0 Å². The number of methoxy groups -OCH3 is 2. The van der Waals surface area contributed by atoms with E-state index in [0.29, 0.717) is 6.61 Å². The van der Waals surface area contributed by atoms with Gasteiger partial charge in [-0.2, -0.15) is 0 Å². The van der Waals surface area contributed by atoms with Gasteiger partial charge in [-0.3, -0.25) is 0 Å². The first-order valence-corrected chi connectivity index (χ1v) is 6.55. The normalized spacial score (nSPS) is 14.8. The third-order valence-corrected chi connectivity index (χ3v) is 3.97. The Balaban J connectivity index is 2.53. The van der Waals surface area contributed by atoms with Gasteiger partial charge < -0.3 is 14.8 Å². The Morgan fingerprint density at radius 2 is 2.12 bits per heavy atom. The summed E-state index contributed by atoms with van der Waals surface area (Å²) in [5.74, 6) is 0. The molecule has 1 atom stereocenters. The fourth-order valence-corrected chi connectivity index (χ4v) is 2.30. The summed E-state index contributed by atoms with van der Waals surface area (Å²) in [5.41, 5.74) is -0.317. The van der Waals surface area contributed by atoms with Crippen LogP contribution in [0.15, 0.2) is 0 Å². The minimum atomic E-state index is -0.317. The summed E-state index contributed by atoms with van der Waals surface area (Å²) in [6.07, 6.45) is 0.884. The molecule has 0 aromatic carbocycles. The Labute approximate surface area is 107 Å². The topological polar surface area (TPSA) is 56.3 Å². The summed E-state index contributed by atoms with van der Waals surface area (Å²) in [7, 11) is 3.40. The zero-order valence-corrected chi connectivity index (χ0v) is 11.8. The molecule has 1 rings (SSSR count). The molecule has 0 aliphatic rings. The number of ether oxygens (including phenoxy) is 2. The van der Waals surface area contributed by atoms with Crippen LogP contribution in [0.2, 0.25) is 0 Å². The van der Waals surface area contributed by atoms with E-state index in [9.17, 15) is 0 Å².